The van der Waals surface area contributed by atoms with Crippen molar-refractivity contribution in [1.82, 2.24) is 9.88 Å². The lowest BCUT2D eigenvalue weighted by Crippen LogP contribution is -2.49. The highest BCUT2D eigenvalue weighted by Crippen LogP contribution is 2.61. The molecule has 2 atom stereocenters. The third-order valence-electron chi connectivity index (χ3n) is 7.77. The van der Waals surface area contributed by atoms with Crippen molar-refractivity contribution >= 4 is 17.5 Å². The van der Waals surface area contributed by atoms with E-state index in [1.807, 2.05) is 29.2 Å². The molecule has 0 saturated carbocycles. The summed E-state index contributed by atoms with van der Waals surface area (Å²) >= 11 is 6.39. The first kappa shape index (κ1) is 19.9. The molecule has 1 aliphatic heterocycles. The van der Waals surface area contributed by atoms with Crippen LogP contribution in [0.25, 0.3) is 0 Å². The molecule has 3 nitrogen and oxygen atoms in total. The van der Waals surface area contributed by atoms with Gasteiger partial charge in [-0.05, 0) is 72.1 Å². The molecule has 5 heteroatoms. The summed E-state index contributed by atoms with van der Waals surface area (Å²) in [4.78, 5) is 20.0. The number of hydrogen-bond acceptors (Lipinski definition) is 2. The maximum absolute atomic E-state index is 14.1. The van der Waals surface area contributed by atoms with Crippen LogP contribution in [0, 0.1) is 11.9 Å². The molecule has 0 radical (unpaired) electrons. The number of carbonyl (C=O) groups is 1. The van der Waals surface area contributed by atoms with Gasteiger partial charge < -0.3 is 4.90 Å². The van der Waals surface area contributed by atoms with E-state index < -0.39 is 5.41 Å². The van der Waals surface area contributed by atoms with Crippen LogP contribution < -0.4 is 0 Å². The Kier molecular flexibility index (Phi) is 4.62. The molecule has 0 spiro atoms. The predicted octanol–water partition coefficient (Wildman–Crippen LogP) is 5.49. The number of nitrogens with zero attached hydrogens (tertiary/aromatic N) is 2. The highest BCUT2D eigenvalue weighted by molar-refractivity contribution is 6.30. The Labute approximate surface area is 192 Å². The van der Waals surface area contributed by atoms with Crippen LogP contribution in [0.1, 0.15) is 53.0 Å². The molecule has 162 valence electrons. The molecular formula is C27H24ClFN2O. The van der Waals surface area contributed by atoms with E-state index in [0.29, 0.717) is 36.0 Å². The molecule has 1 saturated heterocycles. The summed E-state index contributed by atoms with van der Waals surface area (Å²) in [6.07, 6.45) is 4.71. The summed E-state index contributed by atoms with van der Waals surface area (Å²) in [6, 6.07) is 18.0. The largest absolute Gasteiger partial charge is 0.342 e. The molecule has 3 aromatic rings. The molecule has 0 N–H and O–H groups in total. The second kappa shape index (κ2) is 7.41. The average molecular weight is 447 g/mol. The molecule has 3 aliphatic rings. The summed E-state index contributed by atoms with van der Waals surface area (Å²) in [5, 5.41) is 0.679. The van der Waals surface area contributed by atoms with Gasteiger partial charge in [-0.3, -0.25) is 4.79 Å². The van der Waals surface area contributed by atoms with Crippen molar-refractivity contribution in [2.45, 2.75) is 37.0 Å². The SMILES string of the molecule is O=C(N1CCC(Cc2cccnc2F)CC1)[C@@]12C[C@H](c3ccccc31)c1ccc(Cl)cc12. The third-order valence-corrected chi connectivity index (χ3v) is 8.00. The van der Waals surface area contributed by atoms with E-state index in [1.165, 1.54) is 17.3 Å². The Balaban J connectivity index is 1.28. The highest BCUT2D eigenvalue weighted by Gasteiger charge is 2.58. The molecule has 1 fully saturated rings. The lowest BCUT2D eigenvalue weighted by Gasteiger charge is -2.39. The maximum atomic E-state index is 14.1. The first-order chi connectivity index (χ1) is 15.6. The Hall–Kier alpha value is -2.72. The van der Waals surface area contributed by atoms with Gasteiger partial charge in [0.1, 0.15) is 5.41 Å². The van der Waals surface area contributed by atoms with Crippen molar-refractivity contribution in [3.63, 3.8) is 0 Å². The quantitative estimate of drug-likeness (QED) is 0.498. The van der Waals surface area contributed by atoms with Gasteiger partial charge in [-0.2, -0.15) is 4.39 Å². The topological polar surface area (TPSA) is 33.2 Å². The van der Waals surface area contributed by atoms with Crippen LogP contribution in [0.2, 0.25) is 5.02 Å². The highest BCUT2D eigenvalue weighted by atomic mass is 35.5. The lowest BCUT2D eigenvalue weighted by atomic mass is 9.73. The fourth-order valence-corrected chi connectivity index (χ4v) is 6.43. The van der Waals surface area contributed by atoms with Crippen molar-refractivity contribution < 1.29 is 9.18 Å². The van der Waals surface area contributed by atoms with Crippen molar-refractivity contribution in [1.29, 1.82) is 0 Å². The van der Waals surface area contributed by atoms with E-state index >= 15 is 0 Å². The van der Waals surface area contributed by atoms with E-state index in [0.717, 1.165) is 30.4 Å². The number of benzene rings is 2. The maximum Gasteiger partial charge on any atom is 0.237 e. The van der Waals surface area contributed by atoms with Gasteiger partial charge >= 0.3 is 0 Å². The Morgan fingerprint density at radius 2 is 1.84 bits per heavy atom. The first-order valence-corrected chi connectivity index (χ1v) is 11.7. The van der Waals surface area contributed by atoms with E-state index in [-0.39, 0.29) is 17.8 Å². The number of carbonyl (C=O) groups excluding carboxylic acids is 1. The number of amides is 1. The molecule has 2 bridgehead atoms. The van der Waals surface area contributed by atoms with E-state index in [9.17, 15) is 9.18 Å². The van der Waals surface area contributed by atoms with Crippen molar-refractivity contribution in [3.05, 3.63) is 99.6 Å². The minimum absolute atomic E-state index is 0.194. The van der Waals surface area contributed by atoms with Crippen LogP contribution in [0.4, 0.5) is 4.39 Å². The second-order valence-electron chi connectivity index (χ2n) is 9.37. The molecule has 2 heterocycles. The number of hydrogen-bond donors (Lipinski definition) is 0. The smallest absolute Gasteiger partial charge is 0.237 e. The predicted molar refractivity (Wildman–Crippen MR) is 122 cm³/mol. The zero-order chi connectivity index (χ0) is 21.9. The van der Waals surface area contributed by atoms with Gasteiger partial charge in [0, 0.05) is 35.8 Å². The van der Waals surface area contributed by atoms with Crippen molar-refractivity contribution in [2.75, 3.05) is 13.1 Å². The first-order valence-electron chi connectivity index (χ1n) is 11.4. The van der Waals surface area contributed by atoms with Crippen LogP contribution in [0.3, 0.4) is 0 Å². The molecule has 1 amide bonds. The van der Waals surface area contributed by atoms with Gasteiger partial charge in [0.25, 0.3) is 0 Å². The fourth-order valence-electron chi connectivity index (χ4n) is 6.26. The number of likely N-dealkylation sites (tertiary alicyclic amines) is 1. The van der Waals surface area contributed by atoms with Crippen molar-refractivity contribution in [2.24, 2.45) is 5.92 Å². The molecule has 2 aliphatic carbocycles. The van der Waals surface area contributed by atoms with Crippen LogP contribution in [0.15, 0.2) is 60.8 Å². The monoisotopic (exact) mass is 446 g/mol. The van der Waals surface area contributed by atoms with Crippen LogP contribution in [-0.2, 0) is 16.6 Å². The van der Waals surface area contributed by atoms with Gasteiger partial charge in [-0.1, -0.05) is 48.0 Å². The molecule has 1 aromatic heterocycles. The molecular weight excluding hydrogens is 423 g/mol. The standard InChI is InChI=1S/C27H24ClFN2O/c28-19-7-8-21-22-16-27(24(21)15-19,23-6-2-1-5-20(22)23)26(32)31-12-9-17(10-13-31)14-18-4-3-11-30-25(18)29/h1-8,11,15,17,22H,9-10,12-14,16H2/t22-,27+/m1/s1. The van der Waals surface area contributed by atoms with Gasteiger partial charge in [0.2, 0.25) is 11.9 Å². The second-order valence-corrected chi connectivity index (χ2v) is 9.81. The van der Waals surface area contributed by atoms with Gasteiger partial charge in [-0.15, -0.1) is 0 Å². The van der Waals surface area contributed by atoms with Crippen LogP contribution in [-0.4, -0.2) is 28.9 Å². The fraction of sp³-hybridized carbons (Fsp3) is 0.333. The zero-order valence-electron chi connectivity index (χ0n) is 17.7. The van der Waals surface area contributed by atoms with Gasteiger partial charge in [0.15, 0.2) is 0 Å². The minimum atomic E-state index is -0.635. The zero-order valence-corrected chi connectivity index (χ0v) is 18.5. The summed E-state index contributed by atoms with van der Waals surface area (Å²) in [5.41, 5.74) is 4.77. The number of fused-ring (bicyclic) bond motifs is 8. The van der Waals surface area contributed by atoms with Crippen LogP contribution in [0.5, 0.6) is 0 Å². The van der Waals surface area contributed by atoms with Gasteiger partial charge in [0.05, 0.1) is 0 Å². The van der Waals surface area contributed by atoms with Crippen molar-refractivity contribution in [3.8, 4) is 0 Å². The number of piperidine rings is 1. The van der Waals surface area contributed by atoms with E-state index in [2.05, 4.69) is 29.2 Å². The number of pyridine rings is 1. The number of rotatable bonds is 3. The van der Waals surface area contributed by atoms with E-state index in [1.54, 1.807) is 6.07 Å². The Morgan fingerprint density at radius 3 is 2.66 bits per heavy atom. The average Bonchev–Trinajstić information content (AvgIpc) is 3.34. The molecule has 32 heavy (non-hydrogen) atoms. The summed E-state index contributed by atoms with van der Waals surface area (Å²) in [5.74, 6) is 0.440. The normalized spacial score (nSPS) is 23.8. The van der Waals surface area contributed by atoms with Gasteiger partial charge in [-0.25, -0.2) is 4.98 Å². The lowest BCUT2D eigenvalue weighted by molar-refractivity contribution is -0.137. The number of halogens is 2. The summed E-state index contributed by atoms with van der Waals surface area (Å²) in [6.45, 7) is 1.41. The summed E-state index contributed by atoms with van der Waals surface area (Å²) < 4.78 is 14.0. The third kappa shape index (κ3) is 2.85. The number of aromatic nitrogens is 1. The Morgan fingerprint density at radius 1 is 1.06 bits per heavy atom. The van der Waals surface area contributed by atoms with E-state index in [4.69, 9.17) is 11.6 Å². The molecule has 2 aromatic carbocycles. The molecule has 0 unspecified atom stereocenters. The van der Waals surface area contributed by atoms with Crippen LogP contribution >= 0.6 is 11.6 Å². The summed E-state index contributed by atoms with van der Waals surface area (Å²) in [7, 11) is 0. The minimum Gasteiger partial charge on any atom is -0.342 e. The Bertz CT molecular complexity index is 1220. The molecule has 6 rings (SSSR count).